The standard InChI is InChI=1S/C14H28N2O2/c1-6-11(2)16-10-14(3,4)9-15(5)8-12(16)7-13(17)18/h11-12H,6-10H2,1-5H3,(H,17,18). The number of nitrogens with zero attached hydrogens (tertiary/aromatic N) is 2. The highest BCUT2D eigenvalue weighted by Gasteiger charge is 2.35. The number of hydrogen-bond acceptors (Lipinski definition) is 3. The topological polar surface area (TPSA) is 43.8 Å². The van der Waals surface area contributed by atoms with Gasteiger partial charge < -0.3 is 10.0 Å². The molecule has 0 aliphatic carbocycles. The molecule has 0 aromatic heterocycles. The fraction of sp³-hybridized carbons (Fsp3) is 0.929. The lowest BCUT2D eigenvalue weighted by Crippen LogP contribution is -2.47. The van der Waals surface area contributed by atoms with Gasteiger partial charge in [0.05, 0.1) is 6.42 Å². The summed E-state index contributed by atoms with van der Waals surface area (Å²) in [6.07, 6.45) is 1.31. The summed E-state index contributed by atoms with van der Waals surface area (Å²) in [4.78, 5) is 15.7. The zero-order valence-electron chi connectivity index (χ0n) is 12.4. The fourth-order valence-corrected chi connectivity index (χ4v) is 3.07. The Kier molecular flexibility index (Phi) is 5.17. The minimum atomic E-state index is -0.693. The molecule has 0 spiro atoms. The molecule has 1 aliphatic heterocycles. The van der Waals surface area contributed by atoms with Crippen LogP contribution in [0.15, 0.2) is 0 Å². The van der Waals surface area contributed by atoms with Crippen molar-refractivity contribution < 1.29 is 9.90 Å². The molecule has 2 atom stereocenters. The Morgan fingerprint density at radius 3 is 2.56 bits per heavy atom. The first kappa shape index (κ1) is 15.4. The van der Waals surface area contributed by atoms with Crippen molar-refractivity contribution in [2.24, 2.45) is 5.41 Å². The van der Waals surface area contributed by atoms with E-state index >= 15 is 0 Å². The molecule has 0 aromatic rings. The van der Waals surface area contributed by atoms with Crippen molar-refractivity contribution in [3.8, 4) is 0 Å². The number of carboxylic acids is 1. The highest BCUT2D eigenvalue weighted by atomic mass is 16.4. The summed E-state index contributed by atoms with van der Waals surface area (Å²) in [5, 5.41) is 9.10. The van der Waals surface area contributed by atoms with Crippen molar-refractivity contribution in [2.75, 3.05) is 26.7 Å². The molecule has 1 aliphatic rings. The minimum Gasteiger partial charge on any atom is -0.481 e. The first-order chi connectivity index (χ1) is 8.25. The normalized spacial score (nSPS) is 27.7. The van der Waals surface area contributed by atoms with E-state index < -0.39 is 5.97 Å². The number of hydrogen-bond donors (Lipinski definition) is 1. The van der Waals surface area contributed by atoms with Crippen LogP contribution in [0.2, 0.25) is 0 Å². The lowest BCUT2D eigenvalue weighted by molar-refractivity contribution is -0.138. The number of aliphatic carboxylic acids is 1. The molecule has 1 heterocycles. The molecule has 0 bridgehead atoms. The maximum atomic E-state index is 11.1. The molecule has 1 fully saturated rings. The summed E-state index contributed by atoms with van der Waals surface area (Å²) in [5.74, 6) is -0.693. The smallest absolute Gasteiger partial charge is 0.304 e. The third-order valence-electron chi connectivity index (χ3n) is 3.87. The summed E-state index contributed by atoms with van der Waals surface area (Å²) >= 11 is 0. The van der Waals surface area contributed by atoms with Crippen LogP contribution in [0.5, 0.6) is 0 Å². The lowest BCUT2D eigenvalue weighted by atomic mass is 9.92. The van der Waals surface area contributed by atoms with E-state index in [0.717, 1.165) is 26.1 Å². The van der Waals surface area contributed by atoms with Gasteiger partial charge in [0.2, 0.25) is 0 Å². The van der Waals surface area contributed by atoms with Crippen LogP contribution in [0.4, 0.5) is 0 Å². The second-order valence-corrected chi connectivity index (χ2v) is 6.54. The van der Waals surface area contributed by atoms with Gasteiger partial charge in [-0.3, -0.25) is 9.69 Å². The van der Waals surface area contributed by atoms with Crippen LogP contribution in [0.25, 0.3) is 0 Å². The SMILES string of the molecule is CCC(C)N1CC(C)(C)CN(C)CC1CC(=O)O. The predicted molar refractivity (Wildman–Crippen MR) is 73.8 cm³/mol. The molecule has 0 radical (unpaired) electrons. The minimum absolute atomic E-state index is 0.129. The molecule has 18 heavy (non-hydrogen) atoms. The molecular formula is C14H28N2O2. The van der Waals surface area contributed by atoms with Gasteiger partial charge >= 0.3 is 5.97 Å². The quantitative estimate of drug-likeness (QED) is 0.834. The average molecular weight is 256 g/mol. The van der Waals surface area contributed by atoms with Gasteiger partial charge in [-0.15, -0.1) is 0 Å². The van der Waals surface area contributed by atoms with Gasteiger partial charge in [0, 0.05) is 31.7 Å². The van der Waals surface area contributed by atoms with Crippen molar-refractivity contribution >= 4 is 5.97 Å². The van der Waals surface area contributed by atoms with Crippen molar-refractivity contribution in [2.45, 2.75) is 52.6 Å². The van der Waals surface area contributed by atoms with Crippen molar-refractivity contribution in [3.63, 3.8) is 0 Å². The van der Waals surface area contributed by atoms with Crippen LogP contribution in [0, 0.1) is 5.41 Å². The summed E-state index contributed by atoms with van der Waals surface area (Å²) in [7, 11) is 2.09. The van der Waals surface area contributed by atoms with E-state index in [1.165, 1.54) is 0 Å². The van der Waals surface area contributed by atoms with Crippen LogP contribution in [-0.4, -0.2) is 59.6 Å². The fourth-order valence-electron chi connectivity index (χ4n) is 3.07. The Bertz CT molecular complexity index is 292. The summed E-state index contributed by atoms with van der Waals surface area (Å²) in [6, 6.07) is 0.573. The Morgan fingerprint density at radius 2 is 2.06 bits per heavy atom. The molecular weight excluding hydrogens is 228 g/mol. The Labute approximate surface area is 111 Å². The second-order valence-electron chi connectivity index (χ2n) is 6.54. The van der Waals surface area contributed by atoms with E-state index in [1.54, 1.807) is 0 Å². The third-order valence-corrected chi connectivity index (χ3v) is 3.87. The highest BCUT2D eigenvalue weighted by molar-refractivity contribution is 5.67. The lowest BCUT2D eigenvalue weighted by Gasteiger charge is -2.37. The molecule has 1 N–H and O–H groups in total. The van der Waals surface area contributed by atoms with Gasteiger partial charge in [-0.25, -0.2) is 0 Å². The number of rotatable bonds is 4. The molecule has 1 rings (SSSR count). The van der Waals surface area contributed by atoms with Crippen LogP contribution in [0.3, 0.4) is 0 Å². The maximum absolute atomic E-state index is 11.1. The molecule has 4 nitrogen and oxygen atoms in total. The summed E-state index contributed by atoms with van der Waals surface area (Å²) < 4.78 is 0. The van der Waals surface area contributed by atoms with E-state index in [9.17, 15) is 4.79 Å². The monoisotopic (exact) mass is 256 g/mol. The molecule has 1 saturated heterocycles. The van der Waals surface area contributed by atoms with Gasteiger partial charge in [0.1, 0.15) is 0 Å². The molecule has 106 valence electrons. The average Bonchev–Trinajstić information content (AvgIpc) is 2.32. The van der Waals surface area contributed by atoms with Gasteiger partial charge in [0.25, 0.3) is 0 Å². The maximum Gasteiger partial charge on any atom is 0.304 e. The van der Waals surface area contributed by atoms with E-state index in [-0.39, 0.29) is 17.9 Å². The van der Waals surface area contributed by atoms with Crippen molar-refractivity contribution in [1.82, 2.24) is 9.80 Å². The first-order valence-corrected chi connectivity index (χ1v) is 6.91. The number of carboxylic acid groups (broad SMARTS) is 1. The largest absolute Gasteiger partial charge is 0.481 e. The van der Waals surface area contributed by atoms with E-state index in [4.69, 9.17) is 5.11 Å². The van der Waals surface area contributed by atoms with E-state index in [0.29, 0.717) is 6.04 Å². The molecule has 4 heteroatoms. The molecule has 2 unspecified atom stereocenters. The van der Waals surface area contributed by atoms with E-state index in [1.807, 2.05) is 0 Å². The Balaban J connectivity index is 2.91. The van der Waals surface area contributed by atoms with Gasteiger partial charge in [-0.05, 0) is 25.8 Å². The number of likely N-dealkylation sites (N-methyl/N-ethyl adjacent to an activating group) is 1. The van der Waals surface area contributed by atoms with Crippen LogP contribution < -0.4 is 0 Å². The molecule has 0 saturated carbocycles. The number of carbonyl (C=O) groups is 1. The Morgan fingerprint density at radius 1 is 1.44 bits per heavy atom. The first-order valence-electron chi connectivity index (χ1n) is 6.91. The zero-order valence-corrected chi connectivity index (χ0v) is 12.4. The zero-order chi connectivity index (χ0) is 13.9. The van der Waals surface area contributed by atoms with Crippen LogP contribution in [0.1, 0.15) is 40.5 Å². The highest BCUT2D eigenvalue weighted by Crippen LogP contribution is 2.27. The molecule has 0 aromatic carbocycles. The molecule has 0 amide bonds. The summed E-state index contributed by atoms with van der Waals surface area (Å²) in [5.41, 5.74) is 0.214. The van der Waals surface area contributed by atoms with Crippen LogP contribution >= 0.6 is 0 Å². The second kappa shape index (κ2) is 6.02. The Hall–Kier alpha value is -0.610. The van der Waals surface area contributed by atoms with Gasteiger partial charge in [-0.1, -0.05) is 20.8 Å². The summed E-state index contributed by atoms with van der Waals surface area (Å²) in [6.45, 7) is 11.8. The van der Waals surface area contributed by atoms with Gasteiger partial charge in [-0.2, -0.15) is 0 Å². The van der Waals surface area contributed by atoms with E-state index in [2.05, 4.69) is 44.5 Å². The van der Waals surface area contributed by atoms with Crippen molar-refractivity contribution in [1.29, 1.82) is 0 Å². The predicted octanol–water partition coefficient (Wildman–Crippen LogP) is 1.90. The van der Waals surface area contributed by atoms with Gasteiger partial charge in [0.15, 0.2) is 0 Å². The third kappa shape index (κ3) is 4.25. The van der Waals surface area contributed by atoms with Crippen molar-refractivity contribution in [3.05, 3.63) is 0 Å². The van der Waals surface area contributed by atoms with Crippen LogP contribution in [-0.2, 0) is 4.79 Å².